The van der Waals surface area contributed by atoms with E-state index in [0.29, 0.717) is 24.4 Å². The zero-order valence-corrected chi connectivity index (χ0v) is 12.3. The van der Waals surface area contributed by atoms with Gasteiger partial charge in [-0.25, -0.2) is 4.98 Å². The van der Waals surface area contributed by atoms with Crippen LogP contribution in [-0.4, -0.2) is 23.5 Å². The van der Waals surface area contributed by atoms with Crippen LogP contribution in [0.25, 0.3) is 11.3 Å². The van der Waals surface area contributed by atoms with Gasteiger partial charge in [0.05, 0.1) is 29.4 Å². The Bertz CT molecular complexity index is 706. The molecule has 0 spiro atoms. The summed E-state index contributed by atoms with van der Waals surface area (Å²) in [5, 5.41) is 10.7. The number of fused-ring (bicyclic) bond motifs is 1. The molecule has 106 valence electrons. The number of anilines is 1. The zero-order chi connectivity index (χ0) is 14.8. The fraction of sp³-hybridized carbons (Fsp3) is 0.267. The average molecular weight is 299 g/mol. The minimum absolute atomic E-state index is 0.117. The number of carbonyl (C=O) groups excluding carboxylic acids is 1. The van der Waals surface area contributed by atoms with Gasteiger partial charge in [0.25, 0.3) is 5.91 Å². The summed E-state index contributed by atoms with van der Waals surface area (Å²) in [4.78, 5) is 18.2. The smallest absolute Gasteiger partial charge is 0.267 e. The first-order chi connectivity index (χ1) is 10.2. The Hall–Kier alpha value is -2.39. The number of nitrogens with zero attached hydrogens (tertiary/aromatic N) is 3. The molecule has 2 heterocycles. The van der Waals surface area contributed by atoms with Crippen molar-refractivity contribution in [3.63, 3.8) is 0 Å². The number of nitriles is 1. The lowest BCUT2D eigenvalue weighted by atomic mass is 10.1. The van der Waals surface area contributed by atoms with Crippen LogP contribution in [0.3, 0.4) is 0 Å². The number of ether oxygens (including phenoxy) is 1. The summed E-state index contributed by atoms with van der Waals surface area (Å²) in [6, 6.07) is 7.76. The van der Waals surface area contributed by atoms with E-state index in [2.05, 4.69) is 11.1 Å². The third kappa shape index (κ3) is 2.48. The van der Waals surface area contributed by atoms with Crippen molar-refractivity contribution in [3.8, 4) is 23.1 Å². The van der Waals surface area contributed by atoms with Crippen molar-refractivity contribution in [2.24, 2.45) is 0 Å². The topological polar surface area (TPSA) is 66.2 Å². The molecule has 5 nitrogen and oxygen atoms in total. The minimum Gasteiger partial charge on any atom is -0.479 e. The third-order valence-electron chi connectivity index (χ3n) is 3.34. The molecule has 6 heteroatoms. The highest BCUT2D eigenvalue weighted by atomic mass is 32.1. The fourth-order valence-corrected chi connectivity index (χ4v) is 2.87. The van der Waals surface area contributed by atoms with Gasteiger partial charge < -0.3 is 9.64 Å². The van der Waals surface area contributed by atoms with Gasteiger partial charge in [-0.3, -0.25) is 4.79 Å². The van der Waals surface area contributed by atoms with E-state index >= 15 is 0 Å². The van der Waals surface area contributed by atoms with Crippen molar-refractivity contribution in [2.75, 3.05) is 11.4 Å². The molecule has 0 saturated heterocycles. The number of hydrogen-bond acceptors (Lipinski definition) is 5. The normalized spacial score (nSPS) is 17.0. The third-order valence-corrected chi connectivity index (χ3v) is 3.93. The molecule has 0 N–H and O–H groups in total. The Balaban J connectivity index is 2.03. The van der Waals surface area contributed by atoms with Crippen LogP contribution in [0.4, 0.5) is 5.69 Å². The van der Waals surface area contributed by atoms with Gasteiger partial charge in [-0.15, -0.1) is 11.3 Å². The SMILES string of the molecule is CC1Oc2ccc(-c3cscn3)cc2N(CCC#N)C1=O. The lowest BCUT2D eigenvalue weighted by Gasteiger charge is -2.32. The standard InChI is InChI=1S/C15H13N3O2S/c1-10-15(19)18(6-2-5-16)13-7-11(3-4-14(13)20-10)12-8-21-9-17-12/h3-4,7-10H,2,6H2,1H3. The number of aromatic nitrogens is 1. The molecule has 1 aliphatic rings. The van der Waals surface area contributed by atoms with Crippen LogP contribution in [0.15, 0.2) is 29.1 Å². The Morgan fingerprint density at radius 1 is 1.52 bits per heavy atom. The van der Waals surface area contributed by atoms with E-state index in [4.69, 9.17) is 10.00 Å². The van der Waals surface area contributed by atoms with Crippen LogP contribution in [0.5, 0.6) is 5.75 Å². The second kappa shape index (κ2) is 5.54. The molecular weight excluding hydrogens is 286 g/mol. The van der Waals surface area contributed by atoms with Gasteiger partial charge in [0.1, 0.15) is 5.75 Å². The van der Waals surface area contributed by atoms with Gasteiger partial charge in [0.15, 0.2) is 6.10 Å². The predicted molar refractivity (Wildman–Crippen MR) is 80.2 cm³/mol. The van der Waals surface area contributed by atoms with Crippen LogP contribution in [-0.2, 0) is 4.79 Å². The summed E-state index contributed by atoms with van der Waals surface area (Å²) in [5.74, 6) is 0.548. The fourth-order valence-electron chi connectivity index (χ4n) is 2.31. The van der Waals surface area contributed by atoms with Crippen molar-refractivity contribution in [2.45, 2.75) is 19.4 Å². The number of rotatable bonds is 3. The molecular formula is C15H13N3O2S. The van der Waals surface area contributed by atoms with E-state index in [1.54, 1.807) is 17.3 Å². The molecule has 2 aromatic rings. The maximum absolute atomic E-state index is 12.3. The molecule has 0 aliphatic carbocycles. The van der Waals surface area contributed by atoms with Gasteiger partial charge in [-0.2, -0.15) is 5.26 Å². The van der Waals surface area contributed by atoms with Crippen molar-refractivity contribution < 1.29 is 9.53 Å². The van der Waals surface area contributed by atoms with Crippen LogP contribution in [0, 0.1) is 11.3 Å². The summed E-state index contributed by atoms with van der Waals surface area (Å²) in [6.07, 6.45) is -0.236. The minimum atomic E-state index is -0.527. The lowest BCUT2D eigenvalue weighted by Crippen LogP contribution is -2.44. The Morgan fingerprint density at radius 2 is 2.38 bits per heavy atom. The van der Waals surface area contributed by atoms with Crippen molar-refractivity contribution >= 4 is 22.9 Å². The summed E-state index contributed by atoms with van der Waals surface area (Å²) < 4.78 is 5.63. The second-order valence-electron chi connectivity index (χ2n) is 4.71. The van der Waals surface area contributed by atoms with Gasteiger partial charge in [-0.1, -0.05) is 0 Å². The van der Waals surface area contributed by atoms with Gasteiger partial charge >= 0.3 is 0 Å². The van der Waals surface area contributed by atoms with Crippen LogP contribution in [0.1, 0.15) is 13.3 Å². The largest absolute Gasteiger partial charge is 0.479 e. The molecule has 1 amide bonds. The summed E-state index contributed by atoms with van der Waals surface area (Å²) in [6.45, 7) is 2.09. The summed E-state index contributed by atoms with van der Waals surface area (Å²) in [7, 11) is 0. The highest BCUT2D eigenvalue weighted by molar-refractivity contribution is 7.07. The van der Waals surface area contributed by atoms with Crippen LogP contribution in [0.2, 0.25) is 0 Å². The van der Waals surface area contributed by atoms with E-state index in [0.717, 1.165) is 11.3 Å². The zero-order valence-electron chi connectivity index (χ0n) is 11.4. The quantitative estimate of drug-likeness (QED) is 0.874. The first-order valence-electron chi connectivity index (χ1n) is 6.58. The van der Waals surface area contributed by atoms with Crippen LogP contribution < -0.4 is 9.64 Å². The summed E-state index contributed by atoms with van der Waals surface area (Å²) in [5.41, 5.74) is 4.28. The van der Waals surface area contributed by atoms with Gasteiger partial charge in [0.2, 0.25) is 0 Å². The lowest BCUT2D eigenvalue weighted by molar-refractivity contribution is -0.125. The van der Waals surface area contributed by atoms with E-state index in [-0.39, 0.29) is 5.91 Å². The number of thiazole rings is 1. The number of amides is 1. The van der Waals surface area contributed by atoms with Gasteiger partial charge in [0, 0.05) is 17.5 Å². The molecule has 1 aromatic carbocycles. The Kier molecular flexibility index (Phi) is 3.59. The Labute approximate surface area is 126 Å². The van der Waals surface area contributed by atoms with Crippen molar-refractivity contribution in [3.05, 3.63) is 29.1 Å². The van der Waals surface area contributed by atoms with E-state index in [9.17, 15) is 4.79 Å². The highest BCUT2D eigenvalue weighted by Crippen LogP contribution is 2.37. The van der Waals surface area contributed by atoms with Crippen LogP contribution >= 0.6 is 11.3 Å². The van der Waals surface area contributed by atoms with Gasteiger partial charge in [-0.05, 0) is 25.1 Å². The molecule has 1 atom stereocenters. The molecule has 0 saturated carbocycles. The molecule has 0 fully saturated rings. The molecule has 3 rings (SSSR count). The van der Waals surface area contributed by atoms with E-state index in [1.807, 2.05) is 23.6 Å². The number of carbonyl (C=O) groups is 1. The van der Waals surface area contributed by atoms with Crippen molar-refractivity contribution in [1.29, 1.82) is 5.26 Å². The molecule has 0 radical (unpaired) electrons. The second-order valence-corrected chi connectivity index (χ2v) is 5.43. The predicted octanol–water partition coefficient (Wildman–Crippen LogP) is 2.84. The number of hydrogen-bond donors (Lipinski definition) is 0. The maximum atomic E-state index is 12.3. The molecule has 1 aromatic heterocycles. The maximum Gasteiger partial charge on any atom is 0.267 e. The highest BCUT2D eigenvalue weighted by Gasteiger charge is 2.31. The van der Waals surface area contributed by atoms with E-state index < -0.39 is 6.10 Å². The number of benzene rings is 1. The molecule has 0 bridgehead atoms. The first kappa shape index (κ1) is 13.6. The average Bonchev–Trinajstić information content (AvgIpc) is 3.02. The molecule has 1 unspecified atom stereocenters. The summed E-state index contributed by atoms with van der Waals surface area (Å²) >= 11 is 1.52. The molecule has 21 heavy (non-hydrogen) atoms. The Morgan fingerprint density at radius 3 is 3.10 bits per heavy atom. The van der Waals surface area contributed by atoms with Crippen molar-refractivity contribution in [1.82, 2.24) is 4.98 Å². The first-order valence-corrected chi connectivity index (χ1v) is 7.52. The molecule has 1 aliphatic heterocycles. The van der Waals surface area contributed by atoms with E-state index in [1.165, 1.54) is 11.3 Å². The monoisotopic (exact) mass is 299 g/mol.